The molecular formula is C53H43N5. The highest BCUT2D eigenvalue weighted by Gasteiger charge is 2.42. The van der Waals surface area contributed by atoms with Gasteiger partial charge in [0, 0.05) is 45.6 Å². The zero-order valence-electron chi connectivity index (χ0n) is 33.5. The number of aryl methyl sites for hydroxylation is 1. The molecule has 7 aromatic rings. The van der Waals surface area contributed by atoms with Crippen molar-refractivity contribution < 1.29 is 0 Å². The van der Waals surface area contributed by atoms with E-state index in [2.05, 4.69) is 150 Å². The van der Waals surface area contributed by atoms with Crippen molar-refractivity contribution in [2.45, 2.75) is 51.9 Å². The summed E-state index contributed by atoms with van der Waals surface area (Å²) in [6.45, 7) is 15.7. The highest BCUT2D eigenvalue weighted by atomic mass is 14.9. The van der Waals surface area contributed by atoms with Crippen LogP contribution in [0, 0.1) is 6.92 Å². The summed E-state index contributed by atoms with van der Waals surface area (Å²) in [5.74, 6) is 0.541. The standard InChI is InChI=1S/C53H43N5/c1-32(15-12-18-34-16-8-7-9-17-34)46-30-47(58-51(57-46)48-27-36(25-33(2)56-48)39-22-13-20-35-19-10-11-21-38(35)39)37-26-45-50(55-31-37)41-29-43-40(28-44(41)53(45,5)6)49-42(52(43,3)4)23-14-24-54-49/h7-16,18-31H,1,17H2,2-6H3/b15-12-,34-18-. The van der Waals surface area contributed by atoms with Crippen LogP contribution in [0.3, 0.4) is 0 Å². The van der Waals surface area contributed by atoms with Crippen LogP contribution in [-0.4, -0.2) is 24.9 Å². The first-order valence-electron chi connectivity index (χ1n) is 20.0. The SMILES string of the molecule is C=C(/C=C\C=C1\C=CC=CC1)c1cc(-c2cnc3c(c2)C(C)(C)c2cc4c(cc2-3)C(C)(C)c2cccnc2-4)nc(-c2cc(-c3cccc4ccccc34)cc(C)n2)n1. The molecule has 5 nitrogen and oxygen atoms in total. The van der Waals surface area contributed by atoms with Crippen LogP contribution in [0.25, 0.3) is 72.8 Å². The Morgan fingerprint density at radius 1 is 0.672 bits per heavy atom. The molecular weight excluding hydrogens is 707 g/mol. The number of aromatic nitrogens is 5. The van der Waals surface area contributed by atoms with Gasteiger partial charge in [-0.05, 0) is 111 Å². The van der Waals surface area contributed by atoms with Gasteiger partial charge in [-0.1, -0.05) is 125 Å². The molecule has 3 aromatic carbocycles. The van der Waals surface area contributed by atoms with Crippen LogP contribution < -0.4 is 0 Å². The van der Waals surface area contributed by atoms with E-state index < -0.39 is 0 Å². The second kappa shape index (κ2) is 13.4. The minimum Gasteiger partial charge on any atom is -0.256 e. The topological polar surface area (TPSA) is 64.5 Å². The van der Waals surface area contributed by atoms with Gasteiger partial charge >= 0.3 is 0 Å². The number of nitrogens with zero attached hydrogens (tertiary/aromatic N) is 5. The second-order valence-electron chi connectivity index (χ2n) is 16.7. The van der Waals surface area contributed by atoms with E-state index in [-0.39, 0.29) is 10.8 Å². The summed E-state index contributed by atoms with van der Waals surface area (Å²) < 4.78 is 0. The molecule has 0 aliphatic heterocycles. The first-order chi connectivity index (χ1) is 28.1. The Morgan fingerprint density at radius 2 is 1.45 bits per heavy atom. The fraction of sp³-hybridized carbons (Fsp3) is 0.151. The van der Waals surface area contributed by atoms with Crippen molar-refractivity contribution in [2.24, 2.45) is 0 Å². The molecule has 0 fully saturated rings. The van der Waals surface area contributed by atoms with Crippen LogP contribution in [0.2, 0.25) is 0 Å². The summed E-state index contributed by atoms with van der Waals surface area (Å²) in [7, 11) is 0. The quantitative estimate of drug-likeness (QED) is 0.158. The van der Waals surface area contributed by atoms with Gasteiger partial charge in [-0.15, -0.1) is 0 Å². The van der Waals surface area contributed by atoms with Gasteiger partial charge in [-0.25, -0.2) is 15.0 Å². The van der Waals surface area contributed by atoms with Crippen LogP contribution in [-0.2, 0) is 10.8 Å². The Balaban J connectivity index is 1.09. The van der Waals surface area contributed by atoms with Gasteiger partial charge in [0.2, 0.25) is 0 Å². The number of allylic oxidation sites excluding steroid dienone is 9. The van der Waals surface area contributed by atoms with Gasteiger partial charge in [0.1, 0.15) is 5.69 Å². The van der Waals surface area contributed by atoms with Crippen molar-refractivity contribution in [3.05, 3.63) is 192 Å². The van der Waals surface area contributed by atoms with Crippen LogP contribution in [0.1, 0.15) is 67.8 Å². The summed E-state index contributed by atoms with van der Waals surface area (Å²) >= 11 is 0. The first-order valence-corrected chi connectivity index (χ1v) is 20.0. The van der Waals surface area contributed by atoms with E-state index >= 15 is 0 Å². The highest BCUT2D eigenvalue weighted by molar-refractivity contribution is 5.97. The van der Waals surface area contributed by atoms with Crippen molar-refractivity contribution in [2.75, 3.05) is 0 Å². The lowest BCUT2D eigenvalue weighted by Gasteiger charge is -2.24. The summed E-state index contributed by atoms with van der Waals surface area (Å²) in [5, 5.41) is 2.38. The number of hydrogen-bond donors (Lipinski definition) is 0. The monoisotopic (exact) mass is 749 g/mol. The third-order valence-electron chi connectivity index (χ3n) is 12.2. The van der Waals surface area contributed by atoms with Crippen LogP contribution in [0.15, 0.2) is 158 Å². The smallest absolute Gasteiger partial charge is 0.179 e. The van der Waals surface area contributed by atoms with Gasteiger partial charge in [0.15, 0.2) is 5.82 Å². The summed E-state index contributed by atoms with van der Waals surface area (Å²) in [6, 6.07) is 32.5. The number of fused-ring (bicyclic) bond motifs is 7. The van der Waals surface area contributed by atoms with Crippen LogP contribution in [0.5, 0.6) is 0 Å². The van der Waals surface area contributed by atoms with Gasteiger partial charge in [-0.3, -0.25) is 9.97 Å². The Kier molecular flexibility index (Phi) is 8.20. The lowest BCUT2D eigenvalue weighted by molar-refractivity contribution is 0.651. The van der Waals surface area contributed by atoms with E-state index in [0.29, 0.717) is 11.5 Å². The number of benzene rings is 3. The lowest BCUT2D eigenvalue weighted by atomic mass is 9.79. The molecule has 5 heteroatoms. The lowest BCUT2D eigenvalue weighted by Crippen LogP contribution is -2.17. The maximum Gasteiger partial charge on any atom is 0.179 e. The van der Waals surface area contributed by atoms with Crippen molar-refractivity contribution >= 4 is 16.3 Å². The fourth-order valence-corrected chi connectivity index (χ4v) is 9.05. The number of pyridine rings is 3. The summed E-state index contributed by atoms with van der Waals surface area (Å²) in [6.07, 6.45) is 19.4. The van der Waals surface area contributed by atoms with E-state index in [1.807, 2.05) is 37.5 Å². The normalized spacial score (nSPS) is 16.1. The van der Waals surface area contributed by atoms with Gasteiger partial charge < -0.3 is 0 Å². The average molecular weight is 750 g/mol. The van der Waals surface area contributed by atoms with Crippen molar-refractivity contribution in [1.29, 1.82) is 0 Å². The molecule has 280 valence electrons. The third kappa shape index (κ3) is 5.80. The zero-order chi connectivity index (χ0) is 39.8. The number of hydrogen-bond acceptors (Lipinski definition) is 5. The van der Waals surface area contributed by atoms with E-state index in [1.54, 1.807) is 0 Å². The predicted octanol–water partition coefficient (Wildman–Crippen LogP) is 12.7. The molecule has 10 rings (SSSR count). The largest absolute Gasteiger partial charge is 0.256 e. The highest BCUT2D eigenvalue weighted by Crippen LogP contribution is 2.55. The molecule has 0 radical (unpaired) electrons. The Hall–Kier alpha value is -6.85. The minimum absolute atomic E-state index is 0.150. The molecule has 0 atom stereocenters. The third-order valence-corrected chi connectivity index (χ3v) is 12.2. The predicted molar refractivity (Wildman–Crippen MR) is 238 cm³/mol. The van der Waals surface area contributed by atoms with E-state index in [1.165, 1.54) is 49.7 Å². The van der Waals surface area contributed by atoms with Crippen molar-refractivity contribution in [1.82, 2.24) is 24.9 Å². The Bertz CT molecular complexity index is 3000. The molecule has 0 bridgehead atoms. The first kappa shape index (κ1) is 35.6. The van der Waals surface area contributed by atoms with Gasteiger partial charge in [0.05, 0.1) is 22.8 Å². The molecule has 0 unspecified atom stereocenters. The van der Waals surface area contributed by atoms with Gasteiger partial charge in [0.25, 0.3) is 0 Å². The Morgan fingerprint density at radius 3 is 2.26 bits per heavy atom. The molecule has 4 aromatic heterocycles. The zero-order valence-corrected chi connectivity index (χ0v) is 33.5. The van der Waals surface area contributed by atoms with E-state index in [0.717, 1.165) is 57.2 Å². The molecule has 0 spiro atoms. The summed E-state index contributed by atoms with van der Waals surface area (Å²) in [5.41, 5.74) is 17.3. The molecule has 58 heavy (non-hydrogen) atoms. The molecule has 0 saturated heterocycles. The molecule has 0 amide bonds. The molecule has 3 aliphatic rings. The van der Waals surface area contributed by atoms with Gasteiger partial charge in [-0.2, -0.15) is 0 Å². The average Bonchev–Trinajstić information content (AvgIpc) is 3.61. The molecule has 4 heterocycles. The maximum atomic E-state index is 5.25. The van der Waals surface area contributed by atoms with E-state index in [9.17, 15) is 0 Å². The molecule has 3 aliphatic carbocycles. The van der Waals surface area contributed by atoms with Crippen LogP contribution in [0.4, 0.5) is 0 Å². The Labute approximate surface area is 340 Å². The minimum atomic E-state index is -0.295. The van der Waals surface area contributed by atoms with Crippen LogP contribution >= 0.6 is 0 Å². The fourth-order valence-electron chi connectivity index (χ4n) is 9.05. The maximum absolute atomic E-state index is 5.25. The van der Waals surface area contributed by atoms with Crippen molar-refractivity contribution in [3.63, 3.8) is 0 Å². The number of rotatable bonds is 6. The van der Waals surface area contributed by atoms with Crippen molar-refractivity contribution in [3.8, 4) is 56.4 Å². The molecule has 0 N–H and O–H groups in total. The van der Waals surface area contributed by atoms with E-state index in [4.69, 9.17) is 24.9 Å². The summed E-state index contributed by atoms with van der Waals surface area (Å²) in [4.78, 5) is 25.5. The second-order valence-corrected chi connectivity index (χ2v) is 16.7. The molecule has 0 saturated carbocycles.